The summed E-state index contributed by atoms with van der Waals surface area (Å²) in [6.45, 7) is 3.48. The Kier molecular flexibility index (Phi) is 7.60. The summed E-state index contributed by atoms with van der Waals surface area (Å²) >= 11 is 12.7. The highest BCUT2D eigenvalue weighted by atomic mass is 35.5. The van der Waals surface area contributed by atoms with Gasteiger partial charge in [0.15, 0.2) is 16.1 Å². The molecule has 9 nitrogen and oxygen atoms in total. The Labute approximate surface area is 242 Å². The fraction of sp³-hybridized carbons (Fsp3) is 0.393. The van der Waals surface area contributed by atoms with E-state index in [4.69, 9.17) is 37.8 Å². The van der Waals surface area contributed by atoms with E-state index in [0.717, 1.165) is 47.2 Å². The number of anilines is 1. The van der Waals surface area contributed by atoms with E-state index in [1.165, 1.54) is 0 Å². The van der Waals surface area contributed by atoms with Crippen LogP contribution in [-0.4, -0.2) is 59.4 Å². The van der Waals surface area contributed by atoms with Crippen molar-refractivity contribution in [1.82, 2.24) is 19.7 Å². The molecule has 2 aliphatic heterocycles. The fourth-order valence-corrected chi connectivity index (χ4v) is 7.14. The predicted molar refractivity (Wildman–Crippen MR) is 156 cm³/mol. The summed E-state index contributed by atoms with van der Waals surface area (Å²) < 4.78 is 38.0. The first kappa shape index (κ1) is 27.3. The number of ether oxygens (including phenoxy) is 2. The van der Waals surface area contributed by atoms with E-state index in [2.05, 4.69) is 9.97 Å². The molecule has 1 aromatic carbocycles. The van der Waals surface area contributed by atoms with Gasteiger partial charge < -0.3 is 14.4 Å². The molecule has 40 heavy (non-hydrogen) atoms. The van der Waals surface area contributed by atoms with Gasteiger partial charge >= 0.3 is 0 Å². The molecule has 2 fully saturated rings. The highest BCUT2D eigenvalue weighted by Crippen LogP contribution is 2.37. The van der Waals surface area contributed by atoms with Gasteiger partial charge in [0.2, 0.25) is 0 Å². The maximum absolute atomic E-state index is 11.8. The summed E-state index contributed by atoms with van der Waals surface area (Å²) in [7, 11) is -2.97. The number of hydrogen-bond donors (Lipinski definition) is 0. The van der Waals surface area contributed by atoms with Gasteiger partial charge in [-0.1, -0.05) is 23.2 Å². The molecule has 5 heterocycles. The number of hydrogen-bond acceptors (Lipinski definition) is 8. The average molecular weight is 603 g/mol. The Bertz CT molecular complexity index is 1600. The largest absolute Gasteiger partial charge is 0.486 e. The van der Waals surface area contributed by atoms with Crippen molar-refractivity contribution < 1.29 is 17.9 Å². The van der Waals surface area contributed by atoms with E-state index in [-0.39, 0.29) is 17.7 Å². The van der Waals surface area contributed by atoms with Crippen LogP contribution in [0.2, 0.25) is 10.0 Å². The lowest BCUT2D eigenvalue weighted by Gasteiger charge is -2.27. The molecule has 0 amide bonds. The number of benzene rings is 1. The molecule has 0 saturated carbocycles. The molecule has 6 rings (SSSR count). The highest BCUT2D eigenvalue weighted by Gasteiger charge is 2.25. The third kappa shape index (κ3) is 5.50. The van der Waals surface area contributed by atoms with E-state index in [1.807, 2.05) is 46.8 Å². The van der Waals surface area contributed by atoms with Crippen LogP contribution >= 0.6 is 23.2 Å². The number of nitrogens with zero attached hydrogens (tertiary/aromatic N) is 5. The van der Waals surface area contributed by atoms with E-state index in [1.54, 1.807) is 18.6 Å². The van der Waals surface area contributed by atoms with Crippen molar-refractivity contribution in [2.75, 3.05) is 36.1 Å². The van der Waals surface area contributed by atoms with Gasteiger partial charge in [0, 0.05) is 54.8 Å². The quantitative estimate of drug-likeness (QED) is 0.270. The van der Waals surface area contributed by atoms with Crippen molar-refractivity contribution in [3.8, 4) is 17.0 Å². The van der Waals surface area contributed by atoms with Gasteiger partial charge in [0.1, 0.15) is 23.4 Å². The number of pyridine rings is 2. The Morgan fingerprint density at radius 1 is 1.05 bits per heavy atom. The maximum atomic E-state index is 11.8. The summed E-state index contributed by atoms with van der Waals surface area (Å²) in [5, 5.41) is 6.80. The number of rotatable bonds is 6. The SMILES string of the molecule is C[C@@H](Oc1ccc2c(c1)c(-c1ccc(N3CCS(=O)(=O)CC3)nc1)nn2C1CCCCO1)c1c(Cl)cncc1Cl. The van der Waals surface area contributed by atoms with Crippen molar-refractivity contribution in [3.05, 3.63) is 64.5 Å². The summed E-state index contributed by atoms with van der Waals surface area (Å²) in [5.74, 6) is 1.68. The second-order valence-corrected chi connectivity index (χ2v) is 13.2. The zero-order chi connectivity index (χ0) is 27.9. The smallest absolute Gasteiger partial charge is 0.153 e. The zero-order valence-corrected chi connectivity index (χ0v) is 24.3. The van der Waals surface area contributed by atoms with Gasteiger partial charge in [0.25, 0.3) is 0 Å². The minimum absolute atomic E-state index is 0.143. The fourth-order valence-electron chi connectivity index (χ4n) is 5.27. The lowest BCUT2D eigenvalue weighted by Crippen LogP contribution is -2.40. The third-order valence-electron chi connectivity index (χ3n) is 7.41. The highest BCUT2D eigenvalue weighted by molar-refractivity contribution is 7.91. The normalized spacial score (nSPS) is 20.0. The average Bonchev–Trinajstić information content (AvgIpc) is 3.32. The van der Waals surface area contributed by atoms with Gasteiger partial charge in [-0.2, -0.15) is 5.10 Å². The van der Waals surface area contributed by atoms with Gasteiger partial charge in [-0.25, -0.2) is 18.1 Å². The van der Waals surface area contributed by atoms with E-state index < -0.39 is 15.9 Å². The summed E-state index contributed by atoms with van der Waals surface area (Å²) in [5.41, 5.74) is 3.23. The summed E-state index contributed by atoms with van der Waals surface area (Å²) in [6, 6.07) is 9.78. The molecule has 0 N–H and O–H groups in total. The Hall–Kier alpha value is -2.92. The van der Waals surface area contributed by atoms with Gasteiger partial charge in [-0.15, -0.1) is 0 Å². The standard InChI is InChI=1S/C28H29Cl2N5O4S/c1-18(27-22(29)16-31-17-23(27)30)39-20-6-7-24-21(14-20)28(33-35(24)26-4-2-3-11-38-26)19-5-8-25(32-15-19)34-9-12-40(36,37)13-10-34/h5-8,14-18,26H,2-4,9-13H2,1H3/t18-,26?/m1/s1. The lowest BCUT2D eigenvalue weighted by molar-refractivity contribution is -0.0365. The van der Waals surface area contributed by atoms with E-state index in [9.17, 15) is 8.42 Å². The van der Waals surface area contributed by atoms with Crippen LogP contribution in [0.25, 0.3) is 22.2 Å². The molecule has 210 valence electrons. The molecule has 0 bridgehead atoms. The van der Waals surface area contributed by atoms with Crippen molar-refractivity contribution >= 4 is 49.8 Å². The van der Waals surface area contributed by atoms with Crippen LogP contribution in [0, 0.1) is 0 Å². The van der Waals surface area contributed by atoms with E-state index in [0.29, 0.717) is 41.1 Å². The zero-order valence-electron chi connectivity index (χ0n) is 22.0. The van der Waals surface area contributed by atoms with Crippen LogP contribution in [0.3, 0.4) is 0 Å². The molecule has 2 saturated heterocycles. The second kappa shape index (κ2) is 11.2. The van der Waals surface area contributed by atoms with E-state index >= 15 is 0 Å². The van der Waals surface area contributed by atoms with Crippen LogP contribution in [0.4, 0.5) is 5.82 Å². The molecule has 0 spiro atoms. The summed E-state index contributed by atoms with van der Waals surface area (Å²) in [4.78, 5) is 10.7. The van der Waals surface area contributed by atoms with Gasteiger partial charge in [-0.05, 0) is 56.5 Å². The molecule has 1 unspecified atom stereocenters. The van der Waals surface area contributed by atoms with Crippen LogP contribution in [0.1, 0.15) is 44.1 Å². The number of fused-ring (bicyclic) bond motifs is 1. The van der Waals surface area contributed by atoms with Gasteiger partial charge in [0.05, 0.1) is 27.1 Å². The third-order valence-corrected chi connectivity index (χ3v) is 9.62. The first-order chi connectivity index (χ1) is 19.3. The first-order valence-electron chi connectivity index (χ1n) is 13.3. The van der Waals surface area contributed by atoms with Crippen LogP contribution in [0.15, 0.2) is 48.9 Å². The predicted octanol–water partition coefficient (Wildman–Crippen LogP) is 5.87. The monoisotopic (exact) mass is 601 g/mol. The van der Waals surface area contributed by atoms with Crippen LogP contribution in [0.5, 0.6) is 5.75 Å². The minimum Gasteiger partial charge on any atom is -0.486 e. The number of aromatic nitrogens is 4. The second-order valence-electron chi connectivity index (χ2n) is 10.1. The molecule has 0 radical (unpaired) electrons. The van der Waals surface area contributed by atoms with Crippen molar-refractivity contribution in [2.24, 2.45) is 0 Å². The minimum atomic E-state index is -2.97. The first-order valence-corrected chi connectivity index (χ1v) is 15.9. The van der Waals surface area contributed by atoms with Crippen molar-refractivity contribution in [1.29, 1.82) is 0 Å². The number of sulfone groups is 1. The molecule has 4 aromatic rings. The van der Waals surface area contributed by atoms with Crippen LogP contribution in [-0.2, 0) is 14.6 Å². The molecule has 3 aromatic heterocycles. The van der Waals surface area contributed by atoms with Crippen molar-refractivity contribution in [3.63, 3.8) is 0 Å². The molecule has 0 aliphatic carbocycles. The molecule has 2 atom stereocenters. The van der Waals surface area contributed by atoms with Crippen molar-refractivity contribution in [2.45, 2.75) is 38.5 Å². The van der Waals surface area contributed by atoms with Crippen LogP contribution < -0.4 is 9.64 Å². The molecule has 12 heteroatoms. The summed E-state index contributed by atoms with van der Waals surface area (Å²) in [6.07, 6.45) is 7.35. The Morgan fingerprint density at radius 2 is 1.82 bits per heavy atom. The molecular formula is C28H29Cl2N5O4S. The molecular weight excluding hydrogens is 573 g/mol. The number of halogens is 2. The van der Waals surface area contributed by atoms with Gasteiger partial charge in [-0.3, -0.25) is 4.98 Å². The Morgan fingerprint density at radius 3 is 2.50 bits per heavy atom. The maximum Gasteiger partial charge on any atom is 0.153 e. The Balaban J connectivity index is 1.35. The molecule has 2 aliphatic rings. The lowest BCUT2D eigenvalue weighted by atomic mass is 10.1. The topological polar surface area (TPSA) is 99.4 Å².